The molecule has 6 heteroatoms. The summed E-state index contributed by atoms with van der Waals surface area (Å²) in [6, 6.07) is 10.1. The molecule has 1 aromatic rings. The number of nitrogens with zero attached hydrogens (tertiary/aromatic N) is 1. The van der Waals surface area contributed by atoms with Gasteiger partial charge in [-0.15, -0.1) is 0 Å². The third-order valence-electron chi connectivity index (χ3n) is 2.86. The van der Waals surface area contributed by atoms with Gasteiger partial charge < -0.3 is 9.69 Å². The Morgan fingerprint density at radius 3 is 1.92 bits per heavy atom. The van der Waals surface area contributed by atoms with Gasteiger partial charge in [0.05, 0.1) is 6.41 Å². The van der Waals surface area contributed by atoms with Crippen LogP contribution in [0.3, 0.4) is 0 Å². The minimum atomic E-state index is -0.708. The molecule has 0 N–H and O–H groups in total. The van der Waals surface area contributed by atoms with E-state index in [1.165, 1.54) is 10.2 Å². The molecule has 135 valence electrons. The van der Waals surface area contributed by atoms with E-state index in [4.69, 9.17) is 16.9 Å². The predicted molar refractivity (Wildman–Crippen MR) is 105 cm³/mol. The first kappa shape index (κ1) is 26.2. The molecular weight excluding hydrogens is 393 g/mol. The van der Waals surface area contributed by atoms with Crippen molar-refractivity contribution in [1.29, 1.82) is 0 Å². The topological polar surface area (TPSA) is 40.2 Å². The summed E-state index contributed by atoms with van der Waals surface area (Å²) >= 11 is 5.42. The van der Waals surface area contributed by atoms with Gasteiger partial charge in [-0.3, -0.25) is 0 Å². The Labute approximate surface area is 168 Å². The average Bonchev–Trinajstić information content (AvgIpc) is 3.15. The van der Waals surface area contributed by atoms with Crippen LogP contribution in [0.2, 0.25) is 0 Å². The zero-order chi connectivity index (χ0) is 18.6. The van der Waals surface area contributed by atoms with Crippen LogP contribution in [0, 0.1) is 13.1 Å². The van der Waals surface area contributed by atoms with E-state index >= 15 is 0 Å². The summed E-state index contributed by atoms with van der Waals surface area (Å²) in [7, 11) is 0.958. The molecule has 0 aromatic heterocycles. The number of hydrogen-bond donors (Lipinski definition) is 0. The van der Waals surface area contributed by atoms with E-state index in [2.05, 4.69) is 39.6 Å². The number of amides is 1. The molecule has 3 nitrogen and oxygen atoms in total. The fourth-order valence-corrected chi connectivity index (χ4v) is 5.43. The molecule has 2 rings (SSSR count). The van der Waals surface area contributed by atoms with E-state index in [0.29, 0.717) is 4.73 Å². The molecule has 0 saturated carbocycles. The minimum absolute atomic E-state index is 0. The standard InChI is InChI=1S/C13H17NOPS.C5H5.CO.Fe/c1-13(2,3)16(12(17)14(4)10-15)11-8-6-5-7-9-11;1-2-4-5-3-1;1-2;/h5-9H,1-4H3;1-5H;;/q-1;;;. The molecule has 1 aliphatic rings. The largest absolute Gasteiger partial charge is 0.0767 e. The van der Waals surface area contributed by atoms with Gasteiger partial charge >= 0.3 is 11.3 Å². The molecular formula is C19H22FeNO2PS-. The third kappa shape index (κ3) is 9.87. The maximum absolute atomic E-state index is 10.7. The molecule has 0 spiro atoms. The number of benzene rings is 1. The number of rotatable bonds is 3. The summed E-state index contributed by atoms with van der Waals surface area (Å²) in [5, 5.41) is 1.22. The van der Waals surface area contributed by atoms with Crippen molar-refractivity contribution >= 4 is 36.6 Å². The SMILES string of the molecule is CN([C-]=O)C(=S)P(c1ccccc1)C(C)(C)C.[C-]#[O+].[CH]1C=CC=C1.[Fe]. The Balaban J connectivity index is 0. The van der Waals surface area contributed by atoms with Crippen LogP contribution < -0.4 is 5.30 Å². The Morgan fingerprint density at radius 1 is 1.12 bits per heavy atom. The zero-order valence-corrected chi connectivity index (χ0v) is 17.6. The van der Waals surface area contributed by atoms with E-state index in [-0.39, 0.29) is 22.2 Å². The summed E-state index contributed by atoms with van der Waals surface area (Å²) in [5.41, 5.74) is 0. The molecule has 0 bridgehead atoms. The molecule has 0 aliphatic heterocycles. The summed E-state index contributed by atoms with van der Waals surface area (Å²) in [6.07, 6.45) is 11.8. The summed E-state index contributed by atoms with van der Waals surface area (Å²) < 4.78 is 8.17. The Morgan fingerprint density at radius 2 is 1.60 bits per heavy atom. The van der Waals surface area contributed by atoms with Gasteiger partial charge in [-0.1, -0.05) is 83.3 Å². The van der Waals surface area contributed by atoms with Crippen LogP contribution in [-0.2, 0) is 26.5 Å². The maximum atomic E-state index is 10.7. The van der Waals surface area contributed by atoms with E-state index in [1.54, 1.807) is 7.05 Å². The summed E-state index contributed by atoms with van der Waals surface area (Å²) in [6.45, 7) is 10.9. The van der Waals surface area contributed by atoms with Crippen molar-refractivity contribution < 1.29 is 26.5 Å². The number of allylic oxidation sites excluding steroid dienone is 4. The summed E-state index contributed by atoms with van der Waals surface area (Å²) in [4.78, 5) is 12.1. The van der Waals surface area contributed by atoms with Gasteiger partial charge in [0.2, 0.25) is 0 Å². The molecule has 0 fully saturated rings. The quantitative estimate of drug-likeness (QED) is 0.186. The monoisotopic (exact) mass is 415 g/mol. The number of carbonyl (C=O) groups excluding carboxylic acids is 1. The Kier molecular flexibility index (Phi) is 14.8. The van der Waals surface area contributed by atoms with Gasteiger partial charge in [-0.25, -0.2) is 0 Å². The fraction of sp³-hybridized carbons (Fsp3) is 0.263. The van der Waals surface area contributed by atoms with Crippen LogP contribution in [0.25, 0.3) is 0 Å². The predicted octanol–water partition coefficient (Wildman–Crippen LogP) is 4.15. The van der Waals surface area contributed by atoms with Gasteiger partial charge in [0.1, 0.15) is 0 Å². The van der Waals surface area contributed by atoms with Crippen molar-refractivity contribution in [3.8, 4) is 0 Å². The number of hydrogen-bond acceptors (Lipinski definition) is 2. The van der Waals surface area contributed by atoms with Crippen molar-refractivity contribution in [3.63, 3.8) is 0 Å². The third-order valence-corrected chi connectivity index (χ3v) is 6.52. The number of thiocarbonyl (C=S) groups is 1. The molecule has 1 aliphatic carbocycles. The van der Waals surface area contributed by atoms with Crippen molar-refractivity contribution in [2.75, 3.05) is 7.05 Å². The minimum Gasteiger partial charge on any atom is -0.0767 e. The van der Waals surface area contributed by atoms with E-state index in [1.807, 2.05) is 55.3 Å². The van der Waals surface area contributed by atoms with Crippen LogP contribution in [0.4, 0.5) is 0 Å². The van der Waals surface area contributed by atoms with Gasteiger partial charge in [0, 0.05) is 23.5 Å². The second-order valence-corrected chi connectivity index (χ2v) is 9.38. The van der Waals surface area contributed by atoms with Crippen molar-refractivity contribution in [2.24, 2.45) is 0 Å². The first-order chi connectivity index (χ1) is 11.4. The fourth-order valence-electron chi connectivity index (χ4n) is 1.87. The van der Waals surface area contributed by atoms with Crippen LogP contribution >= 0.6 is 20.1 Å². The van der Waals surface area contributed by atoms with Crippen molar-refractivity contribution in [1.82, 2.24) is 4.90 Å². The summed E-state index contributed by atoms with van der Waals surface area (Å²) in [5.74, 6) is 0. The zero-order valence-electron chi connectivity index (χ0n) is 14.7. The molecule has 1 unspecified atom stereocenters. The average molecular weight is 415 g/mol. The first-order valence-corrected chi connectivity index (χ1v) is 9.00. The normalized spacial score (nSPS) is 12.4. The molecule has 0 heterocycles. The van der Waals surface area contributed by atoms with Gasteiger partial charge in [0.25, 0.3) is 0 Å². The van der Waals surface area contributed by atoms with Crippen LogP contribution in [0.1, 0.15) is 20.8 Å². The Bertz CT molecular complexity index is 584. The first-order valence-electron chi connectivity index (χ1n) is 7.25. The van der Waals surface area contributed by atoms with Gasteiger partial charge in [-0.05, 0) is 22.2 Å². The molecule has 1 aromatic carbocycles. The molecule has 25 heavy (non-hydrogen) atoms. The maximum Gasteiger partial charge on any atom is 0.00506 e. The molecule has 1 atom stereocenters. The second kappa shape index (κ2) is 14.2. The van der Waals surface area contributed by atoms with Crippen LogP contribution in [0.5, 0.6) is 0 Å². The van der Waals surface area contributed by atoms with E-state index < -0.39 is 7.92 Å². The van der Waals surface area contributed by atoms with Crippen molar-refractivity contribution in [3.05, 3.63) is 67.7 Å². The molecule has 0 saturated heterocycles. The second-order valence-electron chi connectivity index (χ2n) is 5.74. The van der Waals surface area contributed by atoms with Crippen LogP contribution in [0.15, 0.2) is 54.6 Å². The molecule has 1 radical (unpaired) electrons. The molecule has 1 amide bonds. The van der Waals surface area contributed by atoms with Gasteiger partial charge in [-0.2, -0.15) is 12.2 Å². The van der Waals surface area contributed by atoms with Crippen LogP contribution in [-0.4, -0.2) is 28.2 Å². The van der Waals surface area contributed by atoms with E-state index in [0.717, 1.165) is 0 Å². The van der Waals surface area contributed by atoms with E-state index in [9.17, 15) is 4.79 Å². The Hall–Kier alpha value is -1.05. The smallest absolute Gasteiger partial charge is 0.00506 e. The van der Waals surface area contributed by atoms with Crippen molar-refractivity contribution in [2.45, 2.75) is 25.9 Å². The van der Waals surface area contributed by atoms with Gasteiger partial charge in [0.15, 0.2) is 0 Å².